The molecule has 1 aliphatic heterocycles. The number of pyridine rings is 1. The highest BCUT2D eigenvalue weighted by atomic mass is 19.4. The quantitative estimate of drug-likeness (QED) is 0.737. The first-order valence-electron chi connectivity index (χ1n) is 9.41. The van der Waals surface area contributed by atoms with Crippen molar-refractivity contribution in [2.24, 2.45) is 11.8 Å². The van der Waals surface area contributed by atoms with Crippen LogP contribution in [0.25, 0.3) is 0 Å². The normalized spacial score (nSPS) is 19.9. The van der Waals surface area contributed by atoms with Crippen LogP contribution in [0, 0.1) is 11.8 Å². The lowest BCUT2D eigenvalue weighted by Crippen LogP contribution is -2.57. The summed E-state index contributed by atoms with van der Waals surface area (Å²) in [4.78, 5) is 31.3. The average Bonchev–Trinajstić information content (AvgIpc) is 2.64. The van der Waals surface area contributed by atoms with Gasteiger partial charge < -0.3 is 20.0 Å². The van der Waals surface area contributed by atoms with Gasteiger partial charge in [-0.25, -0.2) is 9.78 Å². The molecule has 1 amide bonds. The van der Waals surface area contributed by atoms with Gasteiger partial charge in [-0.15, -0.1) is 0 Å². The number of rotatable bonds is 6. The average molecular weight is 417 g/mol. The molecule has 2 rings (SSSR count). The maximum atomic E-state index is 12.9. The number of nitrogens with zero attached hydrogens (tertiary/aromatic N) is 3. The second-order valence-corrected chi connectivity index (χ2v) is 7.75. The third-order valence-electron chi connectivity index (χ3n) is 4.98. The van der Waals surface area contributed by atoms with Crippen LogP contribution in [0.2, 0.25) is 0 Å². The van der Waals surface area contributed by atoms with E-state index in [9.17, 15) is 27.9 Å². The number of amides is 1. The molecule has 1 aliphatic rings. The first kappa shape index (κ1) is 22.9. The zero-order valence-electron chi connectivity index (χ0n) is 16.6. The van der Waals surface area contributed by atoms with Crippen molar-refractivity contribution in [3.8, 4) is 0 Å². The molecule has 0 aliphatic carbocycles. The lowest BCUT2D eigenvalue weighted by Gasteiger charge is -2.42. The SMILES string of the molecule is CC(C)C[C@H](C(=O)N1CCN(c2cc(C(F)(F)F)ccn2)C[C@H]1C)[C@H](O)C(=O)O. The van der Waals surface area contributed by atoms with Crippen molar-refractivity contribution in [3.05, 3.63) is 23.9 Å². The molecule has 29 heavy (non-hydrogen) atoms. The van der Waals surface area contributed by atoms with Gasteiger partial charge in [0.25, 0.3) is 0 Å². The number of halogens is 3. The summed E-state index contributed by atoms with van der Waals surface area (Å²) in [5.74, 6) is -2.82. The number of hydrogen-bond acceptors (Lipinski definition) is 5. The number of aliphatic hydroxyl groups excluding tert-OH is 1. The summed E-state index contributed by atoms with van der Waals surface area (Å²) in [6.45, 7) is 6.08. The van der Waals surface area contributed by atoms with E-state index in [0.717, 1.165) is 18.3 Å². The molecule has 7 nitrogen and oxygen atoms in total. The van der Waals surface area contributed by atoms with Crippen molar-refractivity contribution in [2.75, 3.05) is 24.5 Å². The van der Waals surface area contributed by atoms with E-state index in [0.29, 0.717) is 0 Å². The molecular formula is C19H26F3N3O4. The second kappa shape index (κ2) is 8.98. The van der Waals surface area contributed by atoms with Gasteiger partial charge in [0.05, 0.1) is 11.5 Å². The van der Waals surface area contributed by atoms with Gasteiger partial charge >= 0.3 is 12.1 Å². The lowest BCUT2D eigenvalue weighted by molar-refractivity contribution is -0.158. The number of carboxylic acid groups (broad SMARTS) is 1. The Kier molecular flexibility index (Phi) is 7.10. The maximum absolute atomic E-state index is 12.9. The van der Waals surface area contributed by atoms with Crippen molar-refractivity contribution < 1.29 is 33.0 Å². The highest BCUT2D eigenvalue weighted by molar-refractivity contribution is 5.86. The fraction of sp³-hybridized carbons (Fsp3) is 0.632. The molecule has 1 fully saturated rings. The van der Waals surface area contributed by atoms with E-state index >= 15 is 0 Å². The first-order valence-corrected chi connectivity index (χ1v) is 9.41. The Morgan fingerprint density at radius 3 is 2.48 bits per heavy atom. The molecule has 0 spiro atoms. The molecule has 0 radical (unpaired) electrons. The van der Waals surface area contributed by atoms with Crippen LogP contribution < -0.4 is 4.90 Å². The largest absolute Gasteiger partial charge is 0.479 e. The number of hydrogen-bond donors (Lipinski definition) is 2. The topological polar surface area (TPSA) is 94.0 Å². The van der Waals surface area contributed by atoms with Gasteiger partial charge in [0.1, 0.15) is 5.82 Å². The van der Waals surface area contributed by atoms with E-state index in [4.69, 9.17) is 5.11 Å². The van der Waals surface area contributed by atoms with Gasteiger partial charge in [0.2, 0.25) is 5.91 Å². The molecular weight excluding hydrogens is 391 g/mol. The highest BCUT2D eigenvalue weighted by Crippen LogP contribution is 2.31. The summed E-state index contributed by atoms with van der Waals surface area (Å²) in [5, 5.41) is 19.1. The van der Waals surface area contributed by atoms with Crippen molar-refractivity contribution in [3.63, 3.8) is 0 Å². The summed E-state index contributed by atoms with van der Waals surface area (Å²) >= 11 is 0. The molecule has 2 heterocycles. The van der Waals surface area contributed by atoms with E-state index in [1.54, 1.807) is 11.8 Å². The number of carbonyl (C=O) groups is 2. The number of carbonyl (C=O) groups excluding carboxylic acids is 1. The maximum Gasteiger partial charge on any atom is 0.416 e. The van der Waals surface area contributed by atoms with Crippen LogP contribution in [-0.2, 0) is 15.8 Å². The molecule has 2 N–H and O–H groups in total. The smallest absolute Gasteiger partial charge is 0.416 e. The van der Waals surface area contributed by atoms with Crippen LogP contribution in [0.3, 0.4) is 0 Å². The summed E-state index contributed by atoms with van der Waals surface area (Å²) in [7, 11) is 0. The Balaban J connectivity index is 2.14. The third kappa shape index (κ3) is 5.59. The van der Waals surface area contributed by atoms with Crippen LogP contribution in [0.15, 0.2) is 18.3 Å². The standard InChI is InChI=1S/C19H26F3N3O4/c1-11(2)8-14(16(26)18(28)29)17(27)25-7-6-24(10-12(25)3)15-9-13(4-5-23-15)19(20,21)22/h4-5,9,11-12,14,16,26H,6-8,10H2,1-3H3,(H,28,29)/t12-,14+,16+/m1/s1. The summed E-state index contributed by atoms with van der Waals surface area (Å²) in [6, 6.07) is 1.49. The molecule has 0 bridgehead atoms. The molecule has 162 valence electrons. The zero-order chi connectivity index (χ0) is 21.9. The van der Waals surface area contributed by atoms with Gasteiger partial charge in [-0.1, -0.05) is 13.8 Å². The van der Waals surface area contributed by atoms with Crippen LogP contribution >= 0.6 is 0 Å². The van der Waals surface area contributed by atoms with Gasteiger partial charge in [-0.05, 0) is 31.4 Å². The van der Waals surface area contributed by atoms with E-state index in [1.165, 1.54) is 4.90 Å². The van der Waals surface area contributed by atoms with Crippen LogP contribution in [0.1, 0.15) is 32.8 Å². The number of aliphatic carboxylic acids is 1. The van der Waals surface area contributed by atoms with E-state index < -0.39 is 35.6 Å². The Hall–Kier alpha value is -2.36. The highest BCUT2D eigenvalue weighted by Gasteiger charge is 2.39. The zero-order valence-corrected chi connectivity index (χ0v) is 16.6. The molecule has 1 aromatic rings. The molecule has 1 aromatic heterocycles. The Bertz CT molecular complexity index is 742. The number of aromatic nitrogens is 1. The fourth-order valence-electron chi connectivity index (χ4n) is 3.52. The minimum absolute atomic E-state index is 0.00357. The number of anilines is 1. The minimum atomic E-state index is -4.47. The second-order valence-electron chi connectivity index (χ2n) is 7.75. The molecule has 3 atom stereocenters. The van der Waals surface area contributed by atoms with E-state index in [1.807, 2.05) is 13.8 Å². The summed E-state index contributed by atoms with van der Waals surface area (Å²) in [6.07, 6.45) is -4.96. The third-order valence-corrected chi connectivity index (χ3v) is 4.98. The predicted molar refractivity (Wildman–Crippen MR) is 99.2 cm³/mol. The number of aliphatic hydroxyl groups is 1. The van der Waals surface area contributed by atoms with Crippen molar-refractivity contribution in [2.45, 2.75) is 45.5 Å². The van der Waals surface area contributed by atoms with Gasteiger partial charge in [0.15, 0.2) is 6.10 Å². The number of alkyl halides is 3. The predicted octanol–water partition coefficient (Wildman–Crippen LogP) is 2.25. The summed E-state index contributed by atoms with van der Waals surface area (Å²) < 4.78 is 38.8. The molecule has 1 saturated heterocycles. The van der Waals surface area contributed by atoms with E-state index in [-0.39, 0.29) is 43.8 Å². The van der Waals surface area contributed by atoms with Crippen molar-refractivity contribution in [1.29, 1.82) is 0 Å². The van der Waals surface area contributed by atoms with Gasteiger partial charge in [-0.2, -0.15) is 13.2 Å². The van der Waals surface area contributed by atoms with Crippen LogP contribution in [-0.4, -0.2) is 63.8 Å². The minimum Gasteiger partial charge on any atom is -0.479 e. The van der Waals surface area contributed by atoms with Gasteiger partial charge in [0, 0.05) is 31.9 Å². The lowest BCUT2D eigenvalue weighted by atomic mass is 9.90. The Morgan fingerprint density at radius 1 is 1.31 bits per heavy atom. The molecule has 0 saturated carbocycles. The first-order chi connectivity index (χ1) is 13.4. The number of piperazine rings is 1. The van der Waals surface area contributed by atoms with Crippen molar-refractivity contribution in [1.82, 2.24) is 9.88 Å². The van der Waals surface area contributed by atoms with Crippen LogP contribution in [0.5, 0.6) is 0 Å². The molecule has 10 heteroatoms. The Labute approximate surface area is 167 Å². The Morgan fingerprint density at radius 2 is 1.97 bits per heavy atom. The fourth-order valence-corrected chi connectivity index (χ4v) is 3.52. The van der Waals surface area contributed by atoms with E-state index in [2.05, 4.69) is 4.98 Å². The van der Waals surface area contributed by atoms with Crippen LogP contribution in [0.4, 0.5) is 19.0 Å². The monoisotopic (exact) mass is 417 g/mol. The van der Waals surface area contributed by atoms with Gasteiger partial charge in [-0.3, -0.25) is 4.79 Å². The van der Waals surface area contributed by atoms with Crippen molar-refractivity contribution >= 4 is 17.7 Å². The summed E-state index contributed by atoms with van der Waals surface area (Å²) in [5.41, 5.74) is -0.796. The molecule has 0 aromatic carbocycles. The number of carboxylic acids is 1. The molecule has 0 unspecified atom stereocenters.